The number of nitrogens with zero attached hydrogens (tertiary/aromatic N) is 1. The Morgan fingerprint density at radius 1 is 1.09 bits per heavy atom. The first kappa shape index (κ1) is 21.5. The van der Waals surface area contributed by atoms with E-state index in [1.165, 1.54) is 11.1 Å². The largest absolute Gasteiger partial charge is 0.508 e. The molecular weight excluding hydrogens is 396 g/mol. The van der Waals surface area contributed by atoms with Crippen molar-refractivity contribution in [3.05, 3.63) is 65.2 Å². The molecule has 1 unspecified atom stereocenters. The summed E-state index contributed by atoms with van der Waals surface area (Å²) < 4.78 is 0. The van der Waals surface area contributed by atoms with E-state index in [0.29, 0.717) is 17.7 Å². The van der Waals surface area contributed by atoms with E-state index in [0.717, 1.165) is 50.8 Å². The van der Waals surface area contributed by atoms with Crippen LogP contribution in [0.1, 0.15) is 63.1 Å². The maximum absolute atomic E-state index is 13.7. The fourth-order valence-corrected chi connectivity index (χ4v) is 6.67. The van der Waals surface area contributed by atoms with E-state index in [1.54, 1.807) is 6.07 Å². The van der Waals surface area contributed by atoms with Gasteiger partial charge in [-0.05, 0) is 60.3 Å². The number of phenolic OH excluding ortho intramolecular Hbond substituents is 1. The summed E-state index contributed by atoms with van der Waals surface area (Å²) in [7, 11) is 0. The highest BCUT2D eigenvalue weighted by molar-refractivity contribution is 5.80. The zero-order valence-electron chi connectivity index (χ0n) is 19.6. The van der Waals surface area contributed by atoms with Crippen LogP contribution in [0.5, 0.6) is 5.75 Å². The van der Waals surface area contributed by atoms with Crippen molar-refractivity contribution in [1.29, 1.82) is 0 Å². The highest BCUT2D eigenvalue weighted by Gasteiger charge is 2.57. The zero-order valence-corrected chi connectivity index (χ0v) is 19.6. The Kier molecular flexibility index (Phi) is 5.32. The molecule has 1 saturated heterocycles. The van der Waals surface area contributed by atoms with Crippen LogP contribution in [0, 0.1) is 11.3 Å². The van der Waals surface area contributed by atoms with Crippen molar-refractivity contribution >= 4 is 5.91 Å². The molecule has 4 heteroatoms. The van der Waals surface area contributed by atoms with Gasteiger partial charge in [0.2, 0.25) is 5.91 Å². The van der Waals surface area contributed by atoms with E-state index >= 15 is 0 Å². The van der Waals surface area contributed by atoms with E-state index < -0.39 is 0 Å². The summed E-state index contributed by atoms with van der Waals surface area (Å²) in [6.07, 6.45) is 4.65. The molecule has 0 spiro atoms. The van der Waals surface area contributed by atoms with Crippen molar-refractivity contribution in [3.63, 3.8) is 0 Å². The van der Waals surface area contributed by atoms with E-state index in [2.05, 4.69) is 61.3 Å². The molecule has 3 aliphatic rings. The summed E-state index contributed by atoms with van der Waals surface area (Å²) in [5.74, 6) is 0.816. The van der Waals surface area contributed by atoms with Crippen molar-refractivity contribution in [1.82, 2.24) is 10.2 Å². The number of likely N-dealkylation sites (tertiary alicyclic amines) is 1. The molecule has 2 N–H and O–H groups in total. The van der Waals surface area contributed by atoms with Crippen LogP contribution in [-0.4, -0.2) is 34.5 Å². The molecule has 32 heavy (non-hydrogen) atoms. The second kappa shape index (κ2) is 7.91. The molecule has 2 aliphatic carbocycles. The fraction of sp³-hybridized carbons (Fsp3) is 0.536. The Bertz CT molecular complexity index is 1000. The number of rotatable bonds is 4. The minimum absolute atomic E-state index is 0.0315. The Balaban J connectivity index is 1.31. The highest BCUT2D eigenvalue weighted by atomic mass is 16.3. The lowest BCUT2D eigenvalue weighted by Crippen LogP contribution is -2.65. The minimum Gasteiger partial charge on any atom is -0.508 e. The molecule has 2 aromatic carbocycles. The van der Waals surface area contributed by atoms with Crippen LogP contribution in [0.15, 0.2) is 48.5 Å². The van der Waals surface area contributed by atoms with Crippen LogP contribution in [0.4, 0.5) is 0 Å². The van der Waals surface area contributed by atoms with E-state index in [4.69, 9.17) is 0 Å². The van der Waals surface area contributed by atoms with Gasteiger partial charge >= 0.3 is 0 Å². The number of aromatic hydroxyl groups is 1. The van der Waals surface area contributed by atoms with Crippen molar-refractivity contribution in [2.75, 3.05) is 6.54 Å². The van der Waals surface area contributed by atoms with Crippen molar-refractivity contribution < 1.29 is 9.90 Å². The molecule has 2 bridgehead atoms. The second-order valence-electron chi connectivity index (χ2n) is 10.9. The van der Waals surface area contributed by atoms with Crippen LogP contribution in [-0.2, 0) is 23.2 Å². The Morgan fingerprint density at radius 3 is 2.66 bits per heavy atom. The lowest BCUT2D eigenvalue weighted by molar-refractivity contribution is -0.148. The normalized spacial score (nSPS) is 30.7. The lowest BCUT2D eigenvalue weighted by atomic mass is 9.51. The van der Waals surface area contributed by atoms with Gasteiger partial charge in [-0.2, -0.15) is 0 Å². The van der Waals surface area contributed by atoms with Crippen LogP contribution in [0.2, 0.25) is 0 Å². The molecular formula is C28H36N2O2. The smallest absolute Gasteiger partial charge is 0.226 e. The fourth-order valence-electron chi connectivity index (χ4n) is 6.67. The van der Waals surface area contributed by atoms with Crippen molar-refractivity contribution in [3.8, 4) is 5.75 Å². The van der Waals surface area contributed by atoms with Gasteiger partial charge in [-0.25, -0.2) is 0 Å². The van der Waals surface area contributed by atoms with Crippen molar-refractivity contribution in [2.24, 2.45) is 11.3 Å². The summed E-state index contributed by atoms with van der Waals surface area (Å²) in [5, 5.41) is 14.3. The quantitative estimate of drug-likeness (QED) is 0.730. The molecule has 1 saturated carbocycles. The maximum atomic E-state index is 13.7. The SMILES string of the molecule is CC1(C)[C@H]2Cc3c(O)cccc3[C@]1(C)CCN2C(=O)C1CC[C@@H](NCc2ccccc2)C1. The predicted molar refractivity (Wildman–Crippen MR) is 127 cm³/mol. The molecule has 2 aromatic rings. The van der Waals surface area contributed by atoms with Gasteiger partial charge in [0.05, 0.1) is 0 Å². The summed E-state index contributed by atoms with van der Waals surface area (Å²) >= 11 is 0. The number of nitrogens with one attached hydrogen (secondary N) is 1. The molecule has 170 valence electrons. The molecule has 1 amide bonds. The number of piperidine rings is 1. The van der Waals surface area contributed by atoms with Crippen LogP contribution >= 0.6 is 0 Å². The van der Waals surface area contributed by atoms with E-state index in [-0.39, 0.29) is 22.8 Å². The molecule has 4 nitrogen and oxygen atoms in total. The summed E-state index contributed by atoms with van der Waals surface area (Å²) in [6.45, 7) is 8.65. The number of carbonyl (C=O) groups excluding carboxylic acids is 1. The van der Waals surface area contributed by atoms with Gasteiger partial charge in [-0.3, -0.25) is 4.79 Å². The number of benzene rings is 2. The number of fused-ring (bicyclic) bond motifs is 4. The third kappa shape index (κ3) is 3.35. The number of carbonyl (C=O) groups is 1. The number of amides is 1. The number of hydrogen-bond donors (Lipinski definition) is 2. The van der Waals surface area contributed by atoms with Crippen LogP contribution in [0.25, 0.3) is 0 Å². The van der Waals surface area contributed by atoms with E-state index in [1.807, 2.05) is 12.1 Å². The van der Waals surface area contributed by atoms with Gasteiger partial charge in [-0.15, -0.1) is 0 Å². The third-order valence-corrected chi connectivity index (χ3v) is 9.13. The number of hydrogen-bond acceptors (Lipinski definition) is 3. The van der Waals surface area contributed by atoms with E-state index in [9.17, 15) is 9.90 Å². The van der Waals surface area contributed by atoms with Crippen LogP contribution < -0.4 is 5.32 Å². The van der Waals surface area contributed by atoms with Crippen LogP contribution in [0.3, 0.4) is 0 Å². The molecule has 2 fully saturated rings. The first-order valence-corrected chi connectivity index (χ1v) is 12.2. The predicted octanol–water partition coefficient (Wildman–Crippen LogP) is 4.79. The maximum Gasteiger partial charge on any atom is 0.226 e. The molecule has 4 atom stereocenters. The third-order valence-electron chi connectivity index (χ3n) is 9.13. The summed E-state index contributed by atoms with van der Waals surface area (Å²) in [5.41, 5.74) is 3.55. The molecule has 0 aromatic heterocycles. The Morgan fingerprint density at radius 2 is 1.88 bits per heavy atom. The average Bonchev–Trinajstić information content (AvgIpc) is 3.25. The standard InChI is InChI=1S/C28H36N2O2/c1-27(2)25-17-22-23(10-7-11-24(22)31)28(27,3)14-15-30(25)26(32)20-12-13-21(16-20)29-18-19-8-5-4-6-9-19/h4-11,20-21,25,29,31H,12-18H2,1-3H3/t20?,21-,25-,28+/m1/s1. The zero-order chi connectivity index (χ0) is 22.5. The molecule has 1 aliphatic heterocycles. The molecule has 1 heterocycles. The first-order chi connectivity index (χ1) is 15.3. The molecule has 0 radical (unpaired) electrons. The lowest BCUT2D eigenvalue weighted by Gasteiger charge is -2.61. The average molecular weight is 433 g/mol. The second-order valence-corrected chi connectivity index (χ2v) is 10.9. The Hall–Kier alpha value is -2.33. The first-order valence-electron chi connectivity index (χ1n) is 12.2. The monoisotopic (exact) mass is 432 g/mol. The van der Waals surface area contributed by atoms with Gasteiger partial charge in [0.15, 0.2) is 0 Å². The van der Waals surface area contributed by atoms with Gasteiger partial charge in [-0.1, -0.05) is 63.2 Å². The topological polar surface area (TPSA) is 52.6 Å². The number of phenols is 1. The summed E-state index contributed by atoms with van der Waals surface area (Å²) in [4.78, 5) is 15.9. The van der Waals surface area contributed by atoms with Gasteiger partial charge in [0, 0.05) is 36.5 Å². The van der Waals surface area contributed by atoms with Gasteiger partial charge in [0.1, 0.15) is 5.75 Å². The van der Waals surface area contributed by atoms with Gasteiger partial charge in [0.25, 0.3) is 0 Å². The summed E-state index contributed by atoms with van der Waals surface area (Å²) in [6, 6.07) is 17.0. The minimum atomic E-state index is -0.0364. The molecule has 5 rings (SSSR count). The Labute approximate surface area is 192 Å². The van der Waals surface area contributed by atoms with Gasteiger partial charge < -0.3 is 15.3 Å². The van der Waals surface area contributed by atoms with Crippen molar-refractivity contribution in [2.45, 2.75) is 76.9 Å². The highest BCUT2D eigenvalue weighted by Crippen LogP contribution is 2.57.